The molecule has 0 aromatic heterocycles. The molecule has 4 rings (SSSR count). The maximum absolute atomic E-state index is 13.1. The lowest BCUT2D eigenvalue weighted by Crippen LogP contribution is -2.54. The van der Waals surface area contributed by atoms with Gasteiger partial charge in [-0.2, -0.15) is 0 Å². The largest absolute Gasteiger partial charge is 0.324 e. The van der Waals surface area contributed by atoms with Crippen LogP contribution in [0.15, 0.2) is 46.9 Å². The van der Waals surface area contributed by atoms with Gasteiger partial charge in [-0.3, -0.25) is 4.79 Å². The summed E-state index contributed by atoms with van der Waals surface area (Å²) in [6.45, 7) is 1.84. The highest BCUT2D eigenvalue weighted by atomic mass is 79.9. The number of piperidine rings is 1. The van der Waals surface area contributed by atoms with E-state index < -0.39 is 0 Å². The van der Waals surface area contributed by atoms with Crippen LogP contribution in [0.2, 0.25) is 10.0 Å². The molecule has 5 nitrogen and oxygen atoms in total. The number of carbonyl (C=O) groups excluding carboxylic acids is 2. The highest BCUT2D eigenvalue weighted by Gasteiger charge is 2.47. The van der Waals surface area contributed by atoms with Crippen LogP contribution in [0.5, 0.6) is 0 Å². The Balaban J connectivity index is 1.43. The first-order valence-corrected chi connectivity index (χ1v) is 12.1. The second-order valence-corrected chi connectivity index (χ2v) is 10.5. The lowest BCUT2D eigenvalue weighted by atomic mass is 10.0. The van der Waals surface area contributed by atoms with Gasteiger partial charge in [0.25, 0.3) is 5.91 Å². The van der Waals surface area contributed by atoms with Crippen LogP contribution >= 0.6 is 50.9 Å². The summed E-state index contributed by atoms with van der Waals surface area (Å²) < 4.78 is 0.947. The van der Waals surface area contributed by atoms with Crippen LogP contribution < -0.4 is 5.32 Å². The number of rotatable bonds is 2. The number of nitrogens with zero attached hydrogens (tertiary/aromatic N) is 2. The third kappa shape index (κ3) is 4.31. The second-order valence-electron chi connectivity index (χ2n) is 7.27. The fourth-order valence-corrected chi connectivity index (χ4v) is 6.13. The molecule has 2 aromatic rings. The van der Waals surface area contributed by atoms with E-state index in [2.05, 4.69) is 21.2 Å². The SMILES string of the molecule is O=C(Nc1c(Cl)cccc1Cl)N1CCC2(CC1)SCCN2C(=O)c1ccc(Br)cc1. The molecule has 2 heterocycles. The monoisotopic (exact) mass is 527 g/mol. The summed E-state index contributed by atoms with van der Waals surface area (Å²) in [5, 5.41) is 3.63. The highest BCUT2D eigenvalue weighted by Crippen LogP contribution is 2.44. The number of thioether (sulfide) groups is 1. The number of anilines is 1. The molecular formula is C21H20BrCl2N3O2S. The number of hydrogen-bond donors (Lipinski definition) is 1. The molecule has 2 aliphatic heterocycles. The van der Waals surface area contributed by atoms with Crippen molar-refractivity contribution in [1.82, 2.24) is 9.80 Å². The van der Waals surface area contributed by atoms with Crippen LogP contribution in [0, 0.1) is 0 Å². The van der Waals surface area contributed by atoms with Crippen molar-refractivity contribution in [1.29, 1.82) is 0 Å². The molecule has 3 amide bonds. The van der Waals surface area contributed by atoms with Gasteiger partial charge >= 0.3 is 6.03 Å². The molecule has 2 saturated heterocycles. The van der Waals surface area contributed by atoms with E-state index in [4.69, 9.17) is 23.2 Å². The van der Waals surface area contributed by atoms with Crippen molar-refractivity contribution in [2.75, 3.05) is 30.7 Å². The predicted molar refractivity (Wildman–Crippen MR) is 127 cm³/mol. The number of para-hydroxylation sites is 1. The Labute approximate surface area is 198 Å². The summed E-state index contributed by atoms with van der Waals surface area (Å²) in [5.74, 6) is 0.956. The van der Waals surface area contributed by atoms with E-state index in [1.54, 1.807) is 23.1 Å². The molecule has 1 N–H and O–H groups in total. The van der Waals surface area contributed by atoms with Crippen molar-refractivity contribution in [3.8, 4) is 0 Å². The van der Waals surface area contributed by atoms with Crippen molar-refractivity contribution < 1.29 is 9.59 Å². The van der Waals surface area contributed by atoms with E-state index in [9.17, 15) is 9.59 Å². The minimum absolute atomic E-state index is 0.0493. The second kappa shape index (κ2) is 8.99. The van der Waals surface area contributed by atoms with Gasteiger partial charge in [-0.15, -0.1) is 11.8 Å². The standard InChI is InChI=1S/C21H20BrCl2N3O2S/c22-15-6-4-14(5-7-15)19(28)27-12-13-30-21(27)8-10-26(11-9-21)20(29)25-18-16(23)2-1-3-17(18)24/h1-7H,8-13H2,(H,25,29). The van der Waals surface area contributed by atoms with Crippen LogP contribution in [-0.4, -0.2) is 52.0 Å². The van der Waals surface area contributed by atoms with Gasteiger partial charge in [-0.25, -0.2) is 4.79 Å². The molecule has 0 atom stereocenters. The Kier molecular flexibility index (Phi) is 6.53. The molecule has 1 spiro atoms. The van der Waals surface area contributed by atoms with Gasteiger partial charge in [0.2, 0.25) is 0 Å². The molecule has 158 valence electrons. The minimum atomic E-state index is -0.261. The van der Waals surface area contributed by atoms with Crippen LogP contribution in [0.3, 0.4) is 0 Å². The zero-order valence-corrected chi connectivity index (χ0v) is 20.0. The summed E-state index contributed by atoms with van der Waals surface area (Å²) >= 11 is 17.6. The van der Waals surface area contributed by atoms with Crippen LogP contribution in [0.4, 0.5) is 10.5 Å². The van der Waals surface area contributed by atoms with Gasteiger partial charge in [-0.05, 0) is 49.2 Å². The van der Waals surface area contributed by atoms with Crippen molar-refractivity contribution in [2.45, 2.75) is 17.7 Å². The summed E-state index contributed by atoms with van der Waals surface area (Å²) in [6.07, 6.45) is 1.45. The zero-order chi connectivity index (χ0) is 21.3. The first-order valence-electron chi connectivity index (χ1n) is 9.61. The lowest BCUT2D eigenvalue weighted by Gasteiger charge is -2.44. The normalized spacial score (nSPS) is 18.0. The van der Waals surface area contributed by atoms with E-state index in [1.807, 2.05) is 40.9 Å². The van der Waals surface area contributed by atoms with Gasteiger partial charge < -0.3 is 15.1 Å². The number of hydrogen-bond acceptors (Lipinski definition) is 3. The molecule has 0 radical (unpaired) electrons. The van der Waals surface area contributed by atoms with Crippen molar-refractivity contribution in [3.05, 3.63) is 62.5 Å². The average molecular weight is 529 g/mol. The molecule has 0 unspecified atom stereocenters. The fourth-order valence-electron chi connectivity index (χ4n) is 3.92. The third-order valence-corrected chi connectivity index (χ3v) is 8.25. The summed E-state index contributed by atoms with van der Waals surface area (Å²) in [7, 11) is 0. The predicted octanol–water partition coefficient (Wildman–Crippen LogP) is 5.97. The highest BCUT2D eigenvalue weighted by molar-refractivity contribution is 9.10. The third-order valence-electron chi connectivity index (χ3n) is 5.54. The Morgan fingerprint density at radius 2 is 1.63 bits per heavy atom. The first-order chi connectivity index (χ1) is 14.4. The maximum Gasteiger partial charge on any atom is 0.321 e. The number of likely N-dealkylation sites (tertiary alicyclic amines) is 1. The molecule has 2 fully saturated rings. The van der Waals surface area contributed by atoms with Gasteiger partial charge in [-0.1, -0.05) is 45.2 Å². The molecule has 0 bridgehead atoms. The topological polar surface area (TPSA) is 52.7 Å². The minimum Gasteiger partial charge on any atom is -0.324 e. The maximum atomic E-state index is 13.1. The average Bonchev–Trinajstić information content (AvgIpc) is 3.14. The number of benzene rings is 2. The van der Waals surface area contributed by atoms with E-state index in [0.29, 0.717) is 34.4 Å². The van der Waals surface area contributed by atoms with E-state index >= 15 is 0 Å². The molecule has 0 aliphatic carbocycles. The van der Waals surface area contributed by atoms with Gasteiger partial charge in [0.1, 0.15) is 0 Å². The van der Waals surface area contributed by atoms with E-state index in [1.165, 1.54) is 0 Å². The van der Waals surface area contributed by atoms with Crippen LogP contribution in [0.25, 0.3) is 0 Å². The molecule has 9 heteroatoms. The van der Waals surface area contributed by atoms with Gasteiger partial charge in [0.05, 0.1) is 20.6 Å². The van der Waals surface area contributed by atoms with E-state index in [0.717, 1.165) is 29.6 Å². The first kappa shape index (κ1) is 21.8. The van der Waals surface area contributed by atoms with Crippen molar-refractivity contribution in [3.63, 3.8) is 0 Å². The number of urea groups is 1. The van der Waals surface area contributed by atoms with Crippen LogP contribution in [0.1, 0.15) is 23.2 Å². The zero-order valence-electron chi connectivity index (χ0n) is 16.0. The summed E-state index contributed by atoms with van der Waals surface area (Å²) in [5.41, 5.74) is 1.11. The van der Waals surface area contributed by atoms with Crippen LogP contribution in [-0.2, 0) is 0 Å². The fraction of sp³-hybridized carbons (Fsp3) is 0.333. The van der Waals surface area contributed by atoms with Crippen molar-refractivity contribution >= 4 is 68.5 Å². The van der Waals surface area contributed by atoms with E-state index in [-0.39, 0.29) is 16.8 Å². The quantitative estimate of drug-likeness (QED) is 0.522. The number of amides is 3. The lowest BCUT2D eigenvalue weighted by molar-refractivity contribution is 0.0585. The van der Waals surface area contributed by atoms with Gasteiger partial charge in [0, 0.05) is 35.4 Å². The molecular weight excluding hydrogens is 509 g/mol. The molecule has 2 aliphatic rings. The molecule has 0 saturated carbocycles. The smallest absolute Gasteiger partial charge is 0.321 e. The van der Waals surface area contributed by atoms with Gasteiger partial charge in [0.15, 0.2) is 0 Å². The Bertz CT molecular complexity index is 945. The number of nitrogens with one attached hydrogen (secondary N) is 1. The van der Waals surface area contributed by atoms with Crippen molar-refractivity contribution in [2.24, 2.45) is 0 Å². The number of carbonyl (C=O) groups is 2. The summed E-state index contributed by atoms with van der Waals surface area (Å²) in [6, 6.07) is 12.3. The number of halogens is 3. The Morgan fingerprint density at radius 3 is 2.27 bits per heavy atom. The molecule has 30 heavy (non-hydrogen) atoms. The Hall–Kier alpha value is -1.41. The summed E-state index contributed by atoms with van der Waals surface area (Å²) in [4.78, 5) is 29.4. The molecule has 2 aromatic carbocycles. The Morgan fingerprint density at radius 1 is 1.00 bits per heavy atom.